The molecule has 0 aromatic carbocycles. The van der Waals surface area contributed by atoms with Gasteiger partial charge in [0.2, 0.25) is 5.91 Å². The van der Waals surface area contributed by atoms with E-state index in [9.17, 15) is 14.4 Å². The number of carbonyl (C=O) groups is 3. The van der Waals surface area contributed by atoms with Crippen molar-refractivity contribution in [2.24, 2.45) is 11.5 Å². The molecule has 8 heteroatoms. The Morgan fingerprint density at radius 2 is 2.00 bits per heavy atom. The molecule has 90 valence electrons. The van der Waals surface area contributed by atoms with Gasteiger partial charge in [0.15, 0.2) is 0 Å². The zero-order valence-corrected chi connectivity index (χ0v) is 8.46. The summed E-state index contributed by atoms with van der Waals surface area (Å²) in [4.78, 5) is 33.3. The van der Waals surface area contributed by atoms with Crippen molar-refractivity contribution in [3.63, 3.8) is 0 Å². The van der Waals surface area contributed by atoms with E-state index in [1.165, 1.54) is 0 Å². The van der Waals surface area contributed by atoms with Crippen LogP contribution in [0.3, 0.4) is 0 Å². The summed E-state index contributed by atoms with van der Waals surface area (Å²) in [7, 11) is 0. The van der Waals surface area contributed by atoms with E-state index >= 15 is 0 Å². The smallest absolute Gasteiger partial charge is 0.329 e. The lowest BCUT2D eigenvalue weighted by atomic mass is 10.2. The average molecular weight is 231 g/mol. The molecule has 0 spiro atoms. The van der Waals surface area contributed by atoms with Gasteiger partial charge in [0.25, 0.3) is 0 Å². The molecule has 2 atom stereocenters. The first-order chi connectivity index (χ1) is 7.41. The van der Waals surface area contributed by atoms with Crippen LogP contribution in [0.25, 0.3) is 0 Å². The van der Waals surface area contributed by atoms with Gasteiger partial charge in [-0.05, 0) is 0 Å². The SMILES string of the molecule is NC(=O)[C@H]1C[C@@H](OCC(=O)O)CN1C(N)=O. The van der Waals surface area contributed by atoms with Crippen molar-refractivity contribution in [3.8, 4) is 0 Å². The number of nitrogens with zero attached hydrogens (tertiary/aromatic N) is 1. The fourth-order valence-corrected chi connectivity index (χ4v) is 1.62. The Bertz CT molecular complexity index is 297. The molecule has 0 bridgehead atoms. The van der Waals surface area contributed by atoms with E-state index in [2.05, 4.69) is 0 Å². The van der Waals surface area contributed by atoms with Gasteiger partial charge in [0.1, 0.15) is 12.6 Å². The van der Waals surface area contributed by atoms with Crippen LogP contribution in [0.5, 0.6) is 0 Å². The summed E-state index contributed by atoms with van der Waals surface area (Å²) in [5, 5.41) is 8.40. The Kier molecular flexibility index (Phi) is 3.67. The molecule has 1 aliphatic heterocycles. The first-order valence-corrected chi connectivity index (χ1v) is 4.60. The van der Waals surface area contributed by atoms with E-state index in [0.29, 0.717) is 0 Å². The van der Waals surface area contributed by atoms with Crippen LogP contribution >= 0.6 is 0 Å². The summed E-state index contributed by atoms with van der Waals surface area (Å²) < 4.78 is 4.97. The highest BCUT2D eigenvalue weighted by atomic mass is 16.5. The second-order valence-corrected chi connectivity index (χ2v) is 3.47. The Labute approximate surface area is 91.1 Å². The van der Waals surface area contributed by atoms with Crippen LogP contribution in [0.1, 0.15) is 6.42 Å². The maximum absolute atomic E-state index is 11.0. The number of carboxylic acids is 1. The quantitative estimate of drug-likeness (QED) is 0.518. The Morgan fingerprint density at radius 1 is 1.38 bits per heavy atom. The van der Waals surface area contributed by atoms with Crippen molar-refractivity contribution in [2.45, 2.75) is 18.6 Å². The minimum absolute atomic E-state index is 0.0796. The molecule has 0 unspecified atom stereocenters. The summed E-state index contributed by atoms with van der Waals surface area (Å²) >= 11 is 0. The predicted molar refractivity (Wildman–Crippen MR) is 51.3 cm³/mol. The number of amides is 3. The van der Waals surface area contributed by atoms with E-state index in [4.69, 9.17) is 21.3 Å². The second-order valence-electron chi connectivity index (χ2n) is 3.47. The molecule has 8 nitrogen and oxygen atoms in total. The van der Waals surface area contributed by atoms with Crippen LogP contribution in [0.2, 0.25) is 0 Å². The zero-order valence-electron chi connectivity index (χ0n) is 8.46. The van der Waals surface area contributed by atoms with Crippen molar-refractivity contribution in [2.75, 3.05) is 13.2 Å². The van der Waals surface area contributed by atoms with Gasteiger partial charge in [0, 0.05) is 13.0 Å². The number of carbonyl (C=O) groups excluding carboxylic acids is 2. The van der Waals surface area contributed by atoms with E-state index in [0.717, 1.165) is 4.90 Å². The Balaban J connectivity index is 2.58. The third-order valence-electron chi connectivity index (χ3n) is 2.32. The molecule has 5 N–H and O–H groups in total. The Hall–Kier alpha value is -1.83. The number of rotatable bonds is 4. The van der Waals surface area contributed by atoms with E-state index in [1.54, 1.807) is 0 Å². The molecule has 1 saturated heterocycles. The third-order valence-corrected chi connectivity index (χ3v) is 2.32. The fourth-order valence-electron chi connectivity index (χ4n) is 1.62. The number of aliphatic carboxylic acids is 1. The lowest BCUT2D eigenvalue weighted by Crippen LogP contribution is -2.46. The molecule has 1 heterocycles. The van der Waals surface area contributed by atoms with Crippen molar-refractivity contribution >= 4 is 17.9 Å². The van der Waals surface area contributed by atoms with Gasteiger partial charge in [-0.15, -0.1) is 0 Å². The molecular weight excluding hydrogens is 218 g/mol. The molecular formula is C8H13N3O5. The summed E-state index contributed by atoms with van der Waals surface area (Å²) in [5.74, 6) is -1.80. The van der Waals surface area contributed by atoms with Gasteiger partial charge < -0.3 is 26.2 Å². The van der Waals surface area contributed by atoms with E-state index < -0.39 is 36.7 Å². The van der Waals surface area contributed by atoms with Crippen LogP contribution < -0.4 is 11.5 Å². The average Bonchev–Trinajstić information content (AvgIpc) is 2.58. The lowest BCUT2D eigenvalue weighted by molar-refractivity contribution is -0.144. The van der Waals surface area contributed by atoms with Crippen molar-refractivity contribution in [1.82, 2.24) is 4.90 Å². The molecule has 0 aromatic heterocycles. The minimum atomic E-state index is -1.12. The maximum atomic E-state index is 11.0. The van der Waals surface area contributed by atoms with Crippen molar-refractivity contribution in [3.05, 3.63) is 0 Å². The predicted octanol–water partition coefficient (Wildman–Crippen LogP) is -1.91. The number of likely N-dealkylation sites (tertiary alicyclic amines) is 1. The highest BCUT2D eigenvalue weighted by Gasteiger charge is 2.38. The number of hydrogen-bond acceptors (Lipinski definition) is 4. The number of primary amides is 2. The summed E-state index contributed by atoms with van der Waals surface area (Å²) in [6, 6.07) is -1.60. The molecule has 1 fully saturated rings. The number of hydrogen-bond donors (Lipinski definition) is 3. The van der Waals surface area contributed by atoms with Crippen molar-refractivity contribution < 1.29 is 24.2 Å². The molecule has 16 heavy (non-hydrogen) atoms. The fraction of sp³-hybridized carbons (Fsp3) is 0.625. The topological polar surface area (TPSA) is 136 Å². The Morgan fingerprint density at radius 3 is 2.38 bits per heavy atom. The zero-order chi connectivity index (χ0) is 12.3. The van der Waals surface area contributed by atoms with Crippen LogP contribution in [0.15, 0.2) is 0 Å². The highest BCUT2D eigenvalue weighted by Crippen LogP contribution is 2.19. The van der Waals surface area contributed by atoms with Gasteiger partial charge in [-0.25, -0.2) is 9.59 Å². The number of nitrogens with two attached hydrogens (primary N) is 2. The minimum Gasteiger partial charge on any atom is -0.480 e. The van der Waals surface area contributed by atoms with Crippen LogP contribution in [0.4, 0.5) is 4.79 Å². The van der Waals surface area contributed by atoms with Gasteiger partial charge in [-0.3, -0.25) is 4.79 Å². The van der Waals surface area contributed by atoms with Gasteiger partial charge in [-0.2, -0.15) is 0 Å². The monoisotopic (exact) mass is 231 g/mol. The molecule has 0 aromatic rings. The number of urea groups is 1. The lowest BCUT2D eigenvalue weighted by Gasteiger charge is -2.18. The van der Waals surface area contributed by atoms with Gasteiger partial charge in [0.05, 0.1) is 6.10 Å². The van der Waals surface area contributed by atoms with Crippen LogP contribution in [-0.2, 0) is 14.3 Å². The van der Waals surface area contributed by atoms with E-state index in [-0.39, 0.29) is 13.0 Å². The summed E-state index contributed by atoms with van der Waals surface area (Å²) in [6.45, 7) is -0.404. The van der Waals surface area contributed by atoms with Gasteiger partial charge >= 0.3 is 12.0 Å². The first kappa shape index (κ1) is 12.2. The summed E-state index contributed by atoms with van der Waals surface area (Å²) in [5.41, 5.74) is 10.1. The van der Waals surface area contributed by atoms with Crippen LogP contribution in [0, 0.1) is 0 Å². The largest absolute Gasteiger partial charge is 0.480 e. The molecule has 0 aliphatic carbocycles. The maximum Gasteiger partial charge on any atom is 0.329 e. The molecule has 0 radical (unpaired) electrons. The second kappa shape index (κ2) is 4.79. The number of carboxylic acid groups (broad SMARTS) is 1. The standard InChI is InChI=1S/C8H13N3O5/c9-7(14)5-1-4(16-3-6(12)13)2-11(5)8(10)15/h4-5H,1-3H2,(H2,9,14)(H2,10,15)(H,12,13)/t4-,5-/m1/s1. The molecule has 0 saturated carbocycles. The third kappa shape index (κ3) is 2.83. The highest BCUT2D eigenvalue weighted by molar-refractivity contribution is 5.86. The molecule has 1 rings (SSSR count). The number of ether oxygens (including phenoxy) is 1. The molecule has 3 amide bonds. The van der Waals surface area contributed by atoms with Gasteiger partial charge in [-0.1, -0.05) is 0 Å². The first-order valence-electron chi connectivity index (χ1n) is 4.60. The molecule has 1 aliphatic rings. The normalized spacial score (nSPS) is 24.4. The van der Waals surface area contributed by atoms with Crippen molar-refractivity contribution in [1.29, 1.82) is 0 Å². The van der Waals surface area contributed by atoms with E-state index in [1.807, 2.05) is 0 Å². The summed E-state index contributed by atoms with van der Waals surface area (Å²) in [6.07, 6.45) is -0.355. The van der Waals surface area contributed by atoms with Crippen LogP contribution in [-0.4, -0.2) is 53.2 Å².